The maximum absolute atomic E-state index is 13.4. The number of hydrogen-bond donors (Lipinski definition) is 0. The first-order valence-electron chi connectivity index (χ1n) is 9.71. The number of amides is 2. The number of Topliss-reactive ketones (excluding diaryl/α,β-unsaturated/α-hetero) is 1. The quantitative estimate of drug-likeness (QED) is 0.758. The first-order valence-corrected chi connectivity index (χ1v) is 9.71. The SMILES string of the molecule is CC1=C2C(=O)C[C@H]3C(=O)N(Cc4ccccc4)C(=O)[C@H]3[C@H]2c2ccc(C)cc21. The number of carbonyl (C=O) groups is 3. The molecule has 5 rings (SSSR count). The molecule has 1 saturated carbocycles. The molecule has 4 heteroatoms. The smallest absolute Gasteiger partial charge is 0.234 e. The summed E-state index contributed by atoms with van der Waals surface area (Å²) in [4.78, 5) is 40.8. The van der Waals surface area contributed by atoms with Crippen molar-refractivity contribution >= 4 is 23.2 Å². The van der Waals surface area contributed by atoms with Crippen LogP contribution in [-0.4, -0.2) is 22.5 Å². The van der Waals surface area contributed by atoms with Gasteiger partial charge in [-0.05, 0) is 36.1 Å². The van der Waals surface area contributed by atoms with E-state index in [1.807, 2.05) is 56.3 Å². The van der Waals surface area contributed by atoms with Crippen LogP contribution < -0.4 is 0 Å². The molecule has 2 amide bonds. The van der Waals surface area contributed by atoms with E-state index in [1.165, 1.54) is 4.90 Å². The van der Waals surface area contributed by atoms with Gasteiger partial charge in [-0.1, -0.05) is 54.1 Å². The van der Waals surface area contributed by atoms with Gasteiger partial charge in [0.1, 0.15) is 0 Å². The Kier molecular flexibility index (Phi) is 3.66. The van der Waals surface area contributed by atoms with E-state index in [2.05, 4.69) is 6.07 Å². The Balaban J connectivity index is 1.58. The van der Waals surface area contributed by atoms with Crippen molar-refractivity contribution in [2.75, 3.05) is 0 Å². The molecule has 3 atom stereocenters. The lowest BCUT2D eigenvalue weighted by atomic mass is 9.69. The Bertz CT molecular complexity index is 1070. The van der Waals surface area contributed by atoms with Crippen molar-refractivity contribution in [2.45, 2.75) is 32.7 Å². The number of rotatable bonds is 2. The predicted molar refractivity (Wildman–Crippen MR) is 105 cm³/mol. The zero-order valence-corrected chi connectivity index (χ0v) is 15.9. The minimum atomic E-state index is -0.544. The average molecular weight is 371 g/mol. The van der Waals surface area contributed by atoms with Crippen LogP contribution in [0.4, 0.5) is 0 Å². The molecular weight excluding hydrogens is 350 g/mol. The highest BCUT2D eigenvalue weighted by molar-refractivity contribution is 6.15. The zero-order chi connectivity index (χ0) is 19.6. The standard InChI is InChI=1S/C24H21NO3/c1-13-8-9-16-17(10-13)14(2)20-19(26)11-18-22(21(16)20)24(28)25(23(18)27)12-15-6-4-3-5-7-15/h3-10,18,21-22H,11-12H2,1-2H3/t18-,21+,22-/m1/s1. The van der Waals surface area contributed by atoms with E-state index in [0.717, 1.165) is 33.4 Å². The molecule has 4 nitrogen and oxygen atoms in total. The summed E-state index contributed by atoms with van der Waals surface area (Å²) < 4.78 is 0. The second-order valence-corrected chi connectivity index (χ2v) is 8.11. The number of likely N-dealkylation sites (tertiary alicyclic amines) is 1. The number of nitrogens with zero attached hydrogens (tertiary/aromatic N) is 1. The van der Waals surface area contributed by atoms with Gasteiger partial charge in [-0.25, -0.2) is 0 Å². The Hall–Kier alpha value is -3.01. The second-order valence-electron chi connectivity index (χ2n) is 8.11. The van der Waals surface area contributed by atoms with Crippen molar-refractivity contribution in [3.63, 3.8) is 0 Å². The summed E-state index contributed by atoms with van der Waals surface area (Å²) in [5.74, 6) is -1.64. The molecule has 2 aliphatic carbocycles. The van der Waals surface area contributed by atoms with Gasteiger partial charge in [-0.2, -0.15) is 0 Å². The van der Waals surface area contributed by atoms with Crippen molar-refractivity contribution in [3.05, 3.63) is 76.4 Å². The minimum Gasteiger partial charge on any atom is -0.294 e. The highest BCUT2D eigenvalue weighted by atomic mass is 16.2. The molecule has 0 radical (unpaired) electrons. The Morgan fingerprint density at radius 2 is 1.71 bits per heavy atom. The number of benzene rings is 2. The third kappa shape index (κ3) is 2.27. The number of fused-ring (bicyclic) bond motifs is 5. The van der Waals surface area contributed by atoms with E-state index in [-0.39, 0.29) is 36.5 Å². The van der Waals surface area contributed by atoms with E-state index in [0.29, 0.717) is 0 Å². The molecule has 0 bridgehead atoms. The molecule has 2 fully saturated rings. The van der Waals surface area contributed by atoms with Gasteiger partial charge in [-0.15, -0.1) is 0 Å². The van der Waals surface area contributed by atoms with Gasteiger partial charge in [0.05, 0.1) is 18.4 Å². The summed E-state index contributed by atoms with van der Waals surface area (Å²) in [6.07, 6.45) is 0.136. The molecule has 2 aromatic rings. The molecule has 2 aromatic carbocycles. The van der Waals surface area contributed by atoms with Gasteiger partial charge >= 0.3 is 0 Å². The maximum atomic E-state index is 13.4. The average Bonchev–Trinajstić information content (AvgIpc) is 3.10. The van der Waals surface area contributed by atoms with Crippen LogP contribution in [0.5, 0.6) is 0 Å². The lowest BCUT2D eigenvalue weighted by Crippen LogP contribution is -2.34. The molecule has 1 aliphatic heterocycles. The Labute approximate surface area is 163 Å². The third-order valence-electron chi connectivity index (χ3n) is 6.48. The topological polar surface area (TPSA) is 54.5 Å². The number of allylic oxidation sites excluding steroid dienone is 2. The van der Waals surface area contributed by atoms with Crippen molar-refractivity contribution in [1.82, 2.24) is 4.90 Å². The van der Waals surface area contributed by atoms with E-state index in [4.69, 9.17) is 0 Å². The number of carbonyl (C=O) groups excluding carboxylic acids is 3. The Morgan fingerprint density at radius 3 is 2.46 bits per heavy atom. The van der Waals surface area contributed by atoms with Crippen molar-refractivity contribution in [3.8, 4) is 0 Å². The fraction of sp³-hybridized carbons (Fsp3) is 0.292. The van der Waals surface area contributed by atoms with Crippen LogP contribution >= 0.6 is 0 Å². The highest BCUT2D eigenvalue weighted by Gasteiger charge is 2.58. The second kappa shape index (κ2) is 5.99. The number of imide groups is 1. The van der Waals surface area contributed by atoms with Gasteiger partial charge < -0.3 is 0 Å². The maximum Gasteiger partial charge on any atom is 0.234 e. The lowest BCUT2D eigenvalue weighted by Gasteiger charge is -2.30. The molecule has 140 valence electrons. The van der Waals surface area contributed by atoms with Gasteiger partial charge in [0.25, 0.3) is 0 Å². The summed E-state index contributed by atoms with van der Waals surface area (Å²) in [6.45, 7) is 4.26. The van der Waals surface area contributed by atoms with Gasteiger partial charge in [0.15, 0.2) is 5.78 Å². The van der Waals surface area contributed by atoms with E-state index in [9.17, 15) is 14.4 Å². The summed E-state index contributed by atoms with van der Waals surface area (Å²) in [5, 5.41) is 0. The number of ketones is 1. The van der Waals surface area contributed by atoms with E-state index in [1.54, 1.807) is 0 Å². The van der Waals surface area contributed by atoms with Crippen LogP contribution in [0, 0.1) is 18.8 Å². The highest BCUT2D eigenvalue weighted by Crippen LogP contribution is 2.55. The lowest BCUT2D eigenvalue weighted by molar-refractivity contribution is -0.140. The molecular formula is C24H21NO3. The van der Waals surface area contributed by atoms with Gasteiger partial charge in [0, 0.05) is 17.9 Å². The first kappa shape index (κ1) is 17.1. The molecule has 0 N–H and O–H groups in total. The summed E-state index contributed by atoms with van der Waals surface area (Å²) >= 11 is 0. The van der Waals surface area contributed by atoms with Crippen LogP contribution in [0.1, 0.15) is 41.5 Å². The molecule has 0 unspecified atom stereocenters. The zero-order valence-electron chi connectivity index (χ0n) is 15.9. The summed E-state index contributed by atoms with van der Waals surface area (Å²) in [5.41, 5.74) is 5.82. The van der Waals surface area contributed by atoms with Crippen LogP contribution in [-0.2, 0) is 20.9 Å². The molecule has 1 heterocycles. The molecule has 1 saturated heterocycles. The first-order chi connectivity index (χ1) is 13.5. The van der Waals surface area contributed by atoms with Crippen LogP contribution in [0.15, 0.2) is 54.1 Å². The van der Waals surface area contributed by atoms with Crippen molar-refractivity contribution in [2.24, 2.45) is 11.8 Å². The van der Waals surface area contributed by atoms with E-state index < -0.39 is 11.8 Å². The third-order valence-corrected chi connectivity index (χ3v) is 6.48. The van der Waals surface area contributed by atoms with Gasteiger partial charge in [0.2, 0.25) is 11.8 Å². The Morgan fingerprint density at radius 1 is 0.964 bits per heavy atom. The molecule has 3 aliphatic rings. The monoisotopic (exact) mass is 371 g/mol. The molecule has 0 spiro atoms. The number of aryl methyl sites for hydroxylation is 1. The fourth-order valence-electron chi connectivity index (χ4n) is 5.19. The summed E-state index contributed by atoms with van der Waals surface area (Å²) in [6, 6.07) is 15.7. The molecule has 0 aromatic heterocycles. The predicted octanol–water partition coefficient (Wildman–Crippen LogP) is 3.64. The van der Waals surface area contributed by atoms with Crippen LogP contribution in [0.3, 0.4) is 0 Å². The minimum absolute atomic E-state index is 0.0142. The van der Waals surface area contributed by atoms with Crippen molar-refractivity contribution < 1.29 is 14.4 Å². The molecule has 28 heavy (non-hydrogen) atoms. The van der Waals surface area contributed by atoms with Crippen molar-refractivity contribution in [1.29, 1.82) is 0 Å². The summed E-state index contributed by atoms with van der Waals surface area (Å²) in [7, 11) is 0. The van der Waals surface area contributed by atoms with Crippen LogP contribution in [0.2, 0.25) is 0 Å². The van der Waals surface area contributed by atoms with Crippen LogP contribution in [0.25, 0.3) is 5.57 Å². The van der Waals surface area contributed by atoms with E-state index >= 15 is 0 Å². The normalized spacial score (nSPS) is 25.9. The van der Waals surface area contributed by atoms with Gasteiger partial charge in [-0.3, -0.25) is 19.3 Å². The fourth-order valence-corrected chi connectivity index (χ4v) is 5.19. The largest absolute Gasteiger partial charge is 0.294 e. The number of hydrogen-bond acceptors (Lipinski definition) is 3.